The van der Waals surface area contributed by atoms with Gasteiger partial charge in [0.15, 0.2) is 5.78 Å². The van der Waals surface area contributed by atoms with E-state index in [0.29, 0.717) is 23.6 Å². The smallest absolute Gasteiger partial charge is 0.261 e. The Hall–Kier alpha value is -1.85. The van der Waals surface area contributed by atoms with E-state index in [1.54, 1.807) is 48.5 Å². The molecule has 0 spiro atoms. The quantitative estimate of drug-likeness (QED) is 0.387. The lowest BCUT2D eigenvalue weighted by molar-refractivity contribution is 0.0980. The Bertz CT molecular complexity index is 817. The SMILES string of the molecule is Cc1ccc(S(=O)(=O)Nc2ccccc2C(=O)CCCCCCl)cc1. The van der Waals surface area contributed by atoms with Crippen molar-refractivity contribution in [2.75, 3.05) is 10.6 Å². The third-order valence-electron chi connectivity index (χ3n) is 3.84. The number of hydrogen-bond acceptors (Lipinski definition) is 3. The molecule has 1 N–H and O–H groups in total. The Labute approximate surface area is 154 Å². The number of unbranched alkanes of at least 4 members (excludes halogenated alkanes) is 2. The van der Waals surface area contributed by atoms with Crippen LogP contribution in [0.1, 0.15) is 41.6 Å². The minimum Gasteiger partial charge on any atom is -0.294 e. The summed E-state index contributed by atoms with van der Waals surface area (Å²) in [7, 11) is -3.73. The summed E-state index contributed by atoms with van der Waals surface area (Å²) in [5.74, 6) is 0.512. The van der Waals surface area contributed by atoms with Crippen LogP contribution >= 0.6 is 11.6 Å². The fourth-order valence-corrected chi connectivity index (χ4v) is 3.70. The number of alkyl halides is 1. The van der Waals surface area contributed by atoms with Crippen molar-refractivity contribution in [3.05, 3.63) is 59.7 Å². The van der Waals surface area contributed by atoms with Crippen LogP contribution in [0.5, 0.6) is 0 Å². The molecular weight excluding hydrogens is 358 g/mol. The van der Waals surface area contributed by atoms with Gasteiger partial charge in [-0.15, -0.1) is 11.6 Å². The highest BCUT2D eigenvalue weighted by Crippen LogP contribution is 2.22. The van der Waals surface area contributed by atoms with Crippen LogP contribution in [0.4, 0.5) is 5.69 Å². The van der Waals surface area contributed by atoms with Crippen LogP contribution in [-0.2, 0) is 10.0 Å². The van der Waals surface area contributed by atoms with Gasteiger partial charge < -0.3 is 0 Å². The minimum atomic E-state index is -3.73. The number of sulfonamides is 1. The third-order valence-corrected chi connectivity index (χ3v) is 5.49. The molecule has 0 unspecified atom stereocenters. The van der Waals surface area contributed by atoms with Crippen LogP contribution < -0.4 is 4.72 Å². The second kappa shape index (κ2) is 9.02. The van der Waals surface area contributed by atoms with Crippen molar-refractivity contribution in [3.63, 3.8) is 0 Å². The molecule has 4 nitrogen and oxygen atoms in total. The molecule has 0 saturated heterocycles. The number of halogens is 1. The highest BCUT2D eigenvalue weighted by Gasteiger charge is 2.18. The van der Waals surface area contributed by atoms with Gasteiger partial charge >= 0.3 is 0 Å². The van der Waals surface area contributed by atoms with Crippen molar-refractivity contribution < 1.29 is 13.2 Å². The number of aryl methyl sites for hydroxylation is 1. The molecule has 2 aromatic carbocycles. The van der Waals surface area contributed by atoms with E-state index in [2.05, 4.69) is 4.72 Å². The second-order valence-electron chi connectivity index (χ2n) is 5.89. The van der Waals surface area contributed by atoms with Gasteiger partial charge in [-0.05, 0) is 44.0 Å². The Morgan fingerprint density at radius 3 is 2.36 bits per heavy atom. The van der Waals surface area contributed by atoms with Gasteiger partial charge in [-0.3, -0.25) is 9.52 Å². The maximum Gasteiger partial charge on any atom is 0.261 e. The second-order valence-corrected chi connectivity index (χ2v) is 7.95. The van der Waals surface area contributed by atoms with Gasteiger partial charge in [0.05, 0.1) is 10.6 Å². The summed E-state index contributed by atoms with van der Waals surface area (Å²) in [4.78, 5) is 12.6. The van der Waals surface area contributed by atoms with Crippen LogP contribution in [0.2, 0.25) is 0 Å². The van der Waals surface area contributed by atoms with Crippen LogP contribution in [0.15, 0.2) is 53.4 Å². The van der Waals surface area contributed by atoms with Crippen molar-refractivity contribution in [1.82, 2.24) is 0 Å². The van der Waals surface area contributed by atoms with Gasteiger partial charge in [0.25, 0.3) is 10.0 Å². The molecule has 0 saturated carbocycles. The van der Waals surface area contributed by atoms with Gasteiger partial charge in [-0.1, -0.05) is 36.2 Å². The molecule has 0 fully saturated rings. The zero-order valence-corrected chi connectivity index (χ0v) is 15.7. The summed E-state index contributed by atoms with van der Waals surface area (Å²) in [5, 5.41) is 0. The van der Waals surface area contributed by atoms with Gasteiger partial charge in [0.1, 0.15) is 0 Å². The Morgan fingerprint density at radius 2 is 1.68 bits per heavy atom. The molecule has 6 heteroatoms. The van der Waals surface area contributed by atoms with Crippen LogP contribution in [0, 0.1) is 6.92 Å². The number of Topliss-reactive ketones (excluding diaryl/α,β-unsaturated/α-hetero) is 1. The molecule has 2 aromatic rings. The molecular formula is C19H22ClNO3S. The molecule has 0 radical (unpaired) electrons. The monoisotopic (exact) mass is 379 g/mol. The Kier molecular flexibility index (Phi) is 7.02. The lowest BCUT2D eigenvalue weighted by Crippen LogP contribution is -2.15. The molecule has 0 aliphatic carbocycles. The molecule has 0 amide bonds. The van der Waals surface area contributed by atoms with Gasteiger partial charge in [0, 0.05) is 17.9 Å². The lowest BCUT2D eigenvalue weighted by atomic mass is 10.0. The highest BCUT2D eigenvalue weighted by atomic mass is 35.5. The standard InChI is InChI=1S/C19H22ClNO3S/c1-15-10-12-16(13-11-15)25(23,24)21-18-8-5-4-7-17(18)19(22)9-3-2-6-14-20/h4-5,7-8,10-13,21H,2-3,6,9,14H2,1H3. The van der Waals surface area contributed by atoms with E-state index in [9.17, 15) is 13.2 Å². The first-order valence-electron chi connectivity index (χ1n) is 8.22. The molecule has 2 rings (SSSR count). The van der Waals surface area contributed by atoms with E-state index in [1.165, 1.54) is 0 Å². The summed E-state index contributed by atoms with van der Waals surface area (Å²) in [6, 6.07) is 13.3. The maximum atomic E-state index is 12.5. The molecule has 0 aliphatic rings. The normalized spacial score (nSPS) is 11.3. The van der Waals surface area contributed by atoms with E-state index < -0.39 is 10.0 Å². The number of para-hydroxylation sites is 1. The minimum absolute atomic E-state index is 0.0724. The van der Waals surface area contributed by atoms with E-state index >= 15 is 0 Å². The largest absolute Gasteiger partial charge is 0.294 e. The van der Waals surface area contributed by atoms with Crippen molar-refractivity contribution in [2.24, 2.45) is 0 Å². The first-order chi connectivity index (χ1) is 11.9. The number of nitrogens with one attached hydrogen (secondary N) is 1. The molecule has 25 heavy (non-hydrogen) atoms. The predicted octanol–water partition coefficient (Wildman–Crippen LogP) is 4.78. The number of rotatable bonds is 9. The average molecular weight is 380 g/mol. The summed E-state index contributed by atoms with van der Waals surface area (Å²) in [5.41, 5.74) is 1.68. The molecule has 0 atom stereocenters. The summed E-state index contributed by atoms with van der Waals surface area (Å²) in [6.07, 6.45) is 2.87. The van der Waals surface area contributed by atoms with Crippen LogP contribution in [0.3, 0.4) is 0 Å². The van der Waals surface area contributed by atoms with Crippen LogP contribution in [-0.4, -0.2) is 20.1 Å². The number of benzene rings is 2. The zero-order chi connectivity index (χ0) is 18.3. The van der Waals surface area contributed by atoms with Gasteiger partial charge in [0.2, 0.25) is 0 Å². The van der Waals surface area contributed by atoms with Crippen molar-refractivity contribution >= 4 is 33.1 Å². The zero-order valence-electron chi connectivity index (χ0n) is 14.2. The fraction of sp³-hybridized carbons (Fsp3) is 0.316. The Balaban J connectivity index is 2.17. The lowest BCUT2D eigenvalue weighted by Gasteiger charge is -2.12. The molecule has 0 aromatic heterocycles. The van der Waals surface area contributed by atoms with E-state index in [1.807, 2.05) is 6.92 Å². The summed E-state index contributed by atoms with van der Waals surface area (Å²) in [6.45, 7) is 1.89. The molecule has 134 valence electrons. The number of anilines is 1. The first kappa shape index (κ1) is 19.5. The first-order valence-corrected chi connectivity index (χ1v) is 10.2. The van der Waals surface area contributed by atoms with Gasteiger partial charge in [-0.2, -0.15) is 0 Å². The predicted molar refractivity (Wildman–Crippen MR) is 102 cm³/mol. The van der Waals surface area contributed by atoms with E-state index in [-0.39, 0.29) is 10.7 Å². The molecule has 0 aliphatic heterocycles. The fourth-order valence-electron chi connectivity index (χ4n) is 2.43. The number of carbonyl (C=O) groups excluding carboxylic acids is 1. The van der Waals surface area contributed by atoms with E-state index in [0.717, 1.165) is 24.8 Å². The maximum absolute atomic E-state index is 12.5. The topological polar surface area (TPSA) is 63.2 Å². The molecule has 0 heterocycles. The number of carbonyl (C=O) groups is 1. The van der Waals surface area contributed by atoms with Crippen molar-refractivity contribution in [1.29, 1.82) is 0 Å². The highest BCUT2D eigenvalue weighted by molar-refractivity contribution is 7.92. The number of hydrogen-bond donors (Lipinski definition) is 1. The number of ketones is 1. The van der Waals surface area contributed by atoms with E-state index in [4.69, 9.17) is 11.6 Å². The third kappa shape index (κ3) is 5.58. The van der Waals surface area contributed by atoms with Crippen LogP contribution in [0.25, 0.3) is 0 Å². The van der Waals surface area contributed by atoms with Crippen molar-refractivity contribution in [3.8, 4) is 0 Å². The Morgan fingerprint density at radius 1 is 1.00 bits per heavy atom. The summed E-state index contributed by atoms with van der Waals surface area (Å²) < 4.78 is 27.6. The molecule has 0 bridgehead atoms. The van der Waals surface area contributed by atoms with Crippen molar-refractivity contribution in [2.45, 2.75) is 37.5 Å². The van der Waals surface area contributed by atoms with Gasteiger partial charge in [-0.25, -0.2) is 8.42 Å². The average Bonchev–Trinajstić information content (AvgIpc) is 2.59. The summed E-state index contributed by atoms with van der Waals surface area (Å²) >= 11 is 5.64.